The molecule has 0 spiro atoms. The fourth-order valence-electron chi connectivity index (χ4n) is 1.64. The number of rotatable bonds is 2. The van der Waals surface area contributed by atoms with Crippen molar-refractivity contribution in [2.75, 3.05) is 11.9 Å². The number of fused-ring (bicyclic) bond motifs is 1. The van der Waals surface area contributed by atoms with Crippen molar-refractivity contribution in [3.05, 3.63) is 39.4 Å². The zero-order valence-corrected chi connectivity index (χ0v) is 11.0. The van der Waals surface area contributed by atoms with E-state index in [1.807, 2.05) is 13.0 Å². The van der Waals surface area contributed by atoms with Gasteiger partial charge in [-0.15, -0.1) is 11.3 Å². The maximum Gasteiger partial charge on any atom is 0.411 e. The van der Waals surface area contributed by atoms with Gasteiger partial charge >= 0.3 is 6.09 Å². The summed E-state index contributed by atoms with van der Waals surface area (Å²) < 4.78 is 5.69. The van der Waals surface area contributed by atoms with E-state index >= 15 is 0 Å². The van der Waals surface area contributed by atoms with Crippen LogP contribution in [0.1, 0.15) is 11.8 Å². The highest BCUT2D eigenvalue weighted by Crippen LogP contribution is 2.21. The van der Waals surface area contributed by atoms with E-state index in [2.05, 4.69) is 5.32 Å². The Labute approximate surface area is 108 Å². The van der Waals surface area contributed by atoms with E-state index in [1.165, 1.54) is 0 Å². The van der Waals surface area contributed by atoms with Gasteiger partial charge in [-0.1, -0.05) is 0 Å². The first kappa shape index (κ1) is 12.6. The van der Waals surface area contributed by atoms with Gasteiger partial charge in [-0.05, 0) is 38.1 Å². The number of nitrogens with one attached hydrogen (secondary N) is 1. The molecular formula is C13H13NO3S. The highest BCUT2D eigenvalue weighted by molar-refractivity contribution is 7.18. The summed E-state index contributed by atoms with van der Waals surface area (Å²) >= 11 is 1.55. The number of aryl methyl sites for hydroxylation is 1. The second kappa shape index (κ2) is 5.18. The lowest BCUT2D eigenvalue weighted by molar-refractivity contribution is 0.168. The standard InChI is InChI=1S/C13H13NO3S/c1-3-17-13(16)14-9-4-5-12-10(7-9)11(15)6-8(2)18-12/h4-7H,3H2,1-2H3,(H,14,16). The van der Waals surface area contributed by atoms with Crippen LogP contribution in [0, 0.1) is 6.92 Å². The molecule has 1 N–H and O–H groups in total. The number of carbonyl (C=O) groups is 1. The number of amides is 1. The quantitative estimate of drug-likeness (QED) is 0.905. The Morgan fingerprint density at radius 1 is 1.39 bits per heavy atom. The maximum absolute atomic E-state index is 11.8. The highest BCUT2D eigenvalue weighted by Gasteiger charge is 2.05. The number of hydrogen-bond donors (Lipinski definition) is 1. The van der Waals surface area contributed by atoms with E-state index in [-0.39, 0.29) is 5.43 Å². The van der Waals surface area contributed by atoms with Crippen molar-refractivity contribution < 1.29 is 9.53 Å². The maximum atomic E-state index is 11.8. The summed E-state index contributed by atoms with van der Waals surface area (Å²) in [6.45, 7) is 3.95. The second-order valence-corrected chi connectivity index (χ2v) is 5.07. The molecule has 0 bridgehead atoms. The Bertz CT molecular complexity index is 648. The number of ether oxygens (including phenoxy) is 1. The summed E-state index contributed by atoms with van der Waals surface area (Å²) in [5.41, 5.74) is 0.530. The normalized spacial score (nSPS) is 10.3. The Morgan fingerprint density at radius 3 is 2.89 bits per heavy atom. The highest BCUT2D eigenvalue weighted by atomic mass is 32.1. The van der Waals surface area contributed by atoms with E-state index in [1.54, 1.807) is 36.5 Å². The van der Waals surface area contributed by atoms with Gasteiger partial charge in [0.1, 0.15) is 0 Å². The molecule has 1 amide bonds. The van der Waals surface area contributed by atoms with Crippen LogP contribution in [0.3, 0.4) is 0 Å². The third-order valence-electron chi connectivity index (χ3n) is 2.37. The summed E-state index contributed by atoms with van der Waals surface area (Å²) in [4.78, 5) is 24.1. The van der Waals surface area contributed by atoms with Crippen molar-refractivity contribution in [3.63, 3.8) is 0 Å². The average Bonchev–Trinajstić information content (AvgIpc) is 2.30. The van der Waals surface area contributed by atoms with Crippen LogP contribution < -0.4 is 10.7 Å². The van der Waals surface area contributed by atoms with Gasteiger partial charge in [0.15, 0.2) is 5.43 Å². The van der Waals surface area contributed by atoms with Gasteiger partial charge in [0.2, 0.25) is 0 Å². The second-order valence-electron chi connectivity index (χ2n) is 3.78. The first-order chi connectivity index (χ1) is 8.60. The smallest absolute Gasteiger partial charge is 0.411 e. The minimum absolute atomic E-state index is 0.0336. The fourth-order valence-corrected chi connectivity index (χ4v) is 2.56. The third kappa shape index (κ3) is 2.68. The van der Waals surface area contributed by atoms with Gasteiger partial charge in [-0.2, -0.15) is 0 Å². The molecule has 18 heavy (non-hydrogen) atoms. The van der Waals surface area contributed by atoms with Crippen LogP contribution in [-0.2, 0) is 4.74 Å². The van der Waals surface area contributed by atoms with Crippen LogP contribution in [0.2, 0.25) is 0 Å². The largest absolute Gasteiger partial charge is 0.450 e. The van der Waals surface area contributed by atoms with Crippen LogP contribution in [0.25, 0.3) is 10.1 Å². The molecule has 5 heteroatoms. The molecule has 0 atom stereocenters. The Kier molecular flexibility index (Phi) is 3.62. The Balaban J connectivity index is 2.38. The van der Waals surface area contributed by atoms with Crippen molar-refractivity contribution in [1.82, 2.24) is 0 Å². The van der Waals surface area contributed by atoms with Gasteiger partial charge in [-0.3, -0.25) is 10.1 Å². The summed E-state index contributed by atoms with van der Waals surface area (Å²) in [5.74, 6) is 0. The topological polar surface area (TPSA) is 55.4 Å². The molecule has 1 heterocycles. The number of carbonyl (C=O) groups excluding carboxylic acids is 1. The summed E-state index contributed by atoms with van der Waals surface area (Å²) in [6, 6.07) is 6.86. The summed E-state index contributed by atoms with van der Waals surface area (Å²) in [5, 5.41) is 3.19. The van der Waals surface area contributed by atoms with Gasteiger partial charge in [-0.25, -0.2) is 4.79 Å². The van der Waals surface area contributed by atoms with E-state index in [4.69, 9.17) is 4.74 Å². The third-order valence-corrected chi connectivity index (χ3v) is 3.39. The molecule has 94 valence electrons. The molecule has 0 aliphatic heterocycles. The predicted octanol–water partition coefficient (Wildman–Crippen LogP) is 3.14. The fraction of sp³-hybridized carbons (Fsp3) is 0.231. The van der Waals surface area contributed by atoms with Crippen LogP contribution in [-0.4, -0.2) is 12.7 Å². The SMILES string of the molecule is CCOC(=O)Nc1ccc2sc(C)cc(=O)c2c1. The lowest BCUT2D eigenvalue weighted by atomic mass is 10.2. The Morgan fingerprint density at radius 2 is 2.17 bits per heavy atom. The Hall–Kier alpha value is -1.88. The molecule has 2 rings (SSSR count). The average molecular weight is 263 g/mol. The van der Waals surface area contributed by atoms with E-state index in [9.17, 15) is 9.59 Å². The molecule has 4 nitrogen and oxygen atoms in total. The van der Waals surface area contributed by atoms with Crippen molar-refractivity contribution in [3.8, 4) is 0 Å². The molecule has 1 aromatic heterocycles. The molecule has 1 aromatic carbocycles. The molecule has 0 saturated carbocycles. The van der Waals surface area contributed by atoms with Crippen LogP contribution in [0.15, 0.2) is 29.1 Å². The summed E-state index contributed by atoms with van der Waals surface area (Å²) in [7, 11) is 0. The zero-order chi connectivity index (χ0) is 13.1. The predicted molar refractivity (Wildman–Crippen MR) is 73.5 cm³/mol. The van der Waals surface area contributed by atoms with Gasteiger partial charge < -0.3 is 4.74 Å². The molecular weight excluding hydrogens is 250 g/mol. The monoisotopic (exact) mass is 263 g/mol. The lowest BCUT2D eigenvalue weighted by Crippen LogP contribution is -2.13. The van der Waals surface area contributed by atoms with Crippen LogP contribution >= 0.6 is 11.3 Å². The van der Waals surface area contributed by atoms with Gasteiger partial charge in [0.25, 0.3) is 0 Å². The molecule has 0 radical (unpaired) electrons. The van der Waals surface area contributed by atoms with E-state index in [0.29, 0.717) is 17.7 Å². The number of benzene rings is 1. The van der Waals surface area contributed by atoms with Crippen molar-refractivity contribution in [2.45, 2.75) is 13.8 Å². The lowest BCUT2D eigenvalue weighted by Gasteiger charge is -2.06. The van der Waals surface area contributed by atoms with Crippen LogP contribution in [0.5, 0.6) is 0 Å². The zero-order valence-electron chi connectivity index (χ0n) is 10.1. The minimum atomic E-state index is -0.514. The minimum Gasteiger partial charge on any atom is -0.450 e. The number of anilines is 1. The van der Waals surface area contributed by atoms with Crippen molar-refractivity contribution >= 4 is 33.2 Å². The van der Waals surface area contributed by atoms with Gasteiger partial charge in [0, 0.05) is 20.7 Å². The molecule has 0 saturated heterocycles. The van der Waals surface area contributed by atoms with Crippen molar-refractivity contribution in [2.24, 2.45) is 0 Å². The molecule has 2 aromatic rings. The molecule has 0 fully saturated rings. The number of hydrogen-bond acceptors (Lipinski definition) is 4. The van der Waals surface area contributed by atoms with Crippen molar-refractivity contribution in [1.29, 1.82) is 0 Å². The molecule has 0 unspecified atom stereocenters. The molecule has 0 aliphatic carbocycles. The summed E-state index contributed by atoms with van der Waals surface area (Å²) in [6.07, 6.45) is -0.514. The molecule has 0 aliphatic rings. The van der Waals surface area contributed by atoms with E-state index < -0.39 is 6.09 Å². The first-order valence-electron chi connectivity index (χ1n) is 5.58. The van der Waals surface area contributed by atoms with Crippen LogP contribution in [0.4, 0.5) is 10.5 Å². The first-order valence-corrected chi connectivity index (χ1v) is 6.40. The van der Waals surface area contributed by atoms with E-state index in [0.717, 1.165) is 9.58 Å². The van der Waals surface area contributed by atoms with Gasteiger partial charge in [0.05, 0.1) is 6.61 Å².